The number of hydrogen-bond acceptors (Lipinski definition) is 4. The number of amides is 1. The molecule has 1 heterocycles. The van der Waals surface area contributed by atoms with Crippen molar-refractivity contribution >= 4 is 23.4 Å². The zero-order valence-electron chi connectivity index (χ0n) is 17.7. The van der Waals surface area contributed by atoms with E-state index in [1.54, 1.807) is 40.9 Å². The Kier molecular flexibility index (Phi) is 6.77. The van der Waals surface area contributed by atoms with Crippen molar-refractivity contribution in [1.82, 2.24) is 4.90 Å². The summed E-state index contributed by atoms with van der Waals surface area (Å²) < 4.78 is 28.3. The van der Waals surface area contributed by atoms with Gasteiger partial charge in [-0.1, -0.05) is 24.3 Å². The minimum absolute atomic E-state index is 0.115. The number of anilines is 1. The van der Waals surface area contributed by atoms with Gasteiger partial charge in [0.1, 0.15) is 11.6 Å². The number of thioether (sulfide) groups is 1. The average Bonchev–Trinajstić information content (AvgIpc) is 2.83. The molecule has 0 bridgehead atoms. The van der Waals surface area contributed by atoms with Crippen molar-refractivity contribution in [3.63, 3.8) is 0 Å². The van der Waals surface area contributed by atoms with E-state index in [9.17, 15) is 18.7 Å². The summed E-state index contributed by atoms with van der Waals surface area (Å²) >= 11 is 1.54. The van der Waals surface area contributed by atoms with E-state index in [-0.39, 0.29) is 24.1 Å². The van der Waals surface area contributed by atoms with Gasteiger partial charge < -0.3 is 14.9 Å². The Bertz CT molecular complexity index is 1130. The van der Waals surface area contributed by atoms with E-state index in [2.05, 4.69) is 0 Å². The van der Waals surface area contributed by atoms with Crippen molar-refractivity contribution in [2.45, 2.75) is 11.5 Å². The summed E-state index contributed by atoms with van der Waals surface area (Å²) in [5.41, 5.74) is 2.89. The first kappa shape index (κ1) is 22.3. The standard InChI is InChI=1S/C25H24F2N2O2S/c1-32-20-6-7-21(18-3-2-4-19(26)14-18)22(15-20)25(31)29-11-9-28(10-12-29)24-8-5-17(16-30)13-23(24)27/h2-8,13-15,30H,9-12,16H2,1H3. The fraction of sp³-hybridized carbons (Fsp3) is 0.240. The fourth-order valence-electron chi connectivity index (χ4n) is 3.96. The smallest absolute Gasteiger partial charge is 0.254 e. The van der Waals surface area contributed by atoms with Gasteiger partial charge in [0.05, 0.1) is 12.3 Å². The van der Waals surface area contributed by atoms with Crippen LogP contribution in [0, 0.1) is 11.6 Å². The molecule has 0 spiro atoms. The minimum Gasteiger partial charge on any atom is -0.392 e. The Hall–Kier alpha value is -2.90. The summed E-state index contributed by atoms with van der Waals surface area (Å²) in [6.07, 6.45) is 1.95. The lowest BCUT2D eigenvalue weighted by Gasteiger charge is -2.36. The molecular formula is C25H24F2N2O2S. The van der Waals surface area contributed by atoms with Gasteiger partial charge in [-0.05, 0) is 59.3 Å². The van der Waals surface area contributed by atoms with Crippen molar-refractivity contribution in [2.75, 3.05) is 37.3 Å². The number of carbonyl (C=O) groups excluding carboxylic acids is 1. The highest BCUT2D eigenvalue weighted by Crippen LogP contribution is 2.30. The Morgan fingerprint density at radius 2 is 1.78 bits per heavy atom. The van der Waals surface area contributed by atoms with Crippen LogP contribution in [0.5, 0.6) is 0 Å². The molecule has 1 amide bonds. The largest absolute Gasteiger partial charge is 0.392 e. The van der Waals surface area contributed by atoms with Gasteiger partial charge in [0, 0.05) is 36.6 Å². The van der Waals surface area contributed by atoms with Crippen LogP contribution in [0.2, 0.25) is 0 Å². The molecular weight excluding hydrogens is 430 g/mol. The number of aliphatic hydroxyl groups excluding tert-OH is 1. The van der Waals surface area contributed by atoms with Gasteiger partial charge in [-0.25, -0.2) is 8.78 Å². The maximum Gasteiger partial charge on any atom is 0.254 e. The van der Waals surface area contributed by atoms with E-state index in [0.717, 1.165) is 4.90 Å². The molecule has 0 atom stereocenters. The molecule has 32 heavy (non-hydrogen) atoms. The molecule has 4 nitrogen and oxygen atoms in total. The first-order chi connectivity index (χ1) is 15.5. The first-order valence-electron chi connectivity index (χ1n) is 10.4. The quantitative estimate of drug-likeness (QED) is 0.562. The predicted molar refractivity (Wildman–Crippen MR) is 124 cm³/mol. The third kappa shape index (κ3) is 4.64. The van der Waals surface area contributed by atoms with Crippen molar-refractivity contribution in [1.29, 1.82) is 0 Å². The van der Waals surface area contributed by atoms with E-state index in [0.29, 0.717) is 54.1 Å². The highest BCUT2D eigenvalue weighted by atomic mass is 32.2. The van der Waals surface area contributed by atoms with Gasteiger partial charge in [0.15, 0.2) is 0 Å². The number of carbonyl (C=O) groups is 1. The van der Waals surface area contributed by atoms with Crippen LogP contribution in [0.3, 0.4) is 0 Å². The molecule has 1 aliphatic rings. The summed E-state index contributed by atoms with van der Waals surface area (Å²) in [5.74, 6) is -0.842. The van der Waals surface area contributed by atoms with Gasteiger partial charge in [-0.2, -0.15) is 0 Å². The zero-order valence-corrected chi connectivity index (χ0v) is 18.5. The van der Waals surface area contributed by atoms with Crippen LogP contribution in [0.4, 0.5) is 14.5 Å². The second kappa shape index (κ2) is 9.71. The normalized spacial score (nSPS) is 14.0. The molecule has 0 unspecified atom stereocenters. The van der Waals surface area contributed by atoms with Crippen molar-refractivity contribution < 1.29 is 18.7 Å². The molecule has 0 radical (unpaired) electrons. The fourth-order valence-corrected chi connectivity index (χ4v) is 4.40. The lowest BCUT2D eigenvalue weighted by atomic mass is 9.98. The number of benzene rings is 3. The topological polar surface area (TPSA) is 43.8 Å². The number of halogens is 2. The molecule has 0 saturated carbocycles. The van der Waals surface area contributed by atoms with Crippen LogP contribution in [0.25, 0.3) is 11.1 Å². The zero-order chi connectivity index (χ0) is 22.7. The lowest BCUT2D eigenvalue weighted by molar-refractivity contribution is 0.0747. The van der Waals surface area contributed by atoms with Crippen molar-refractivity contribution in [3.05, 3.63) is 83.4 Å². The van der Waals surface area contributed by atoms with Gasteiger partial charge in [0.2, 0.25) is 0 Å². The monoisotopic (exact) mass is 454 g/mol. The van der Waals surface area contributed by atoms with Crippen LogP contribution in [-0.4, -0.2) is 48.3 Å². The number of aliphatic hydroxyl groups is 1. The van der Waals surface area contributed by atoms with E-state index in [1.165, 1.54) is 18.2 Å². The molecule has 1 aliphatic heterocycles. The number of rotatable bonds is 5. The molecule has 3 aromatic carbocycles. The van der Waals surface area contributed by atoms with E-state index in [4.69, 9.17) is 0 Å². The number of piperazine rings is 1. The lowest BCUT2D eigenvalue weighted by Crippen LogP contribution is -2.49. The molecule has 0 aliphatic carbocycles. The summed E-state index contributed by atoms with van der Waals surface area (Å²) in [6, 6.07) is 16.6. The van der Waals surface area contributed by atoms with Gasteiger partial charge >= 0.3 is 0 Å². The first-order valence-corrected chi connectivity index (χ1v) is 11.6. The summed E-state index contributed by atoms with van der Waals surface area (Å²) in [4.78, 5) is 18.1. The Morgan fingerprint density at radius 3 is 2.44 bits per heavy atom. The van der Waals surface area contributed by atoms with Gasteiger partial charge in [0.25, 0.3) is 5.91 Å². The summed E-state index contributed by atoms with van der Waals surface area (Å²) in [5, 5.41) is 9.18. The Balaban J connectivity index is 1.55. The second-order valence-corrected chi connectivity index (χ2v) is 8.52. The summed E-state index contributed by atoms with van der Waals surface area (Å²) in [6.45, 7) is 1.69. The van der Waals surface area contributed by atoms with Crippen molar-refractivity contribution in [3.8, 4) is 11.1 Å². The molecule has 0 aromatic heterocycles. The number of nitrogens with zero attached hydrogens (tertiary/aromatic N) is 2. The van der Waals surface area contributed by atoms with E-state index >= 15 is 0 Å². The molecule has 3 aromatic rings. The molecule has 1 fully saturated rings. The molecule has 1 N–H and O–H groups in total. The summed E-state index contributed by atoms with van der Waals surface area (Å²) in [7, 11) is 0. The van der Waals surface area contributed by atoms with E-state index in [1.807, 2.05) is 29.4 Å². The second-order valence-electron chi connectivity index (χ2n) is 7.64. The van der Waals surface area contributed by atoms with Gasteiger partial charge in [-0.3, -0.25) is 4.79 Å². The van der Waals surface area contributed by atoms with E-state index < -0.39 is 0 Å². The van der Waals surface area contributed by atoms with Crippen LogP contribution in [0.1, 0.15) is 15.9 Å². The molecule has 166 valence electrons. The van der Waals surface area contributed by atoms with Crippen molar-refractivity contribution in [2.24, 2.45) is 0 Å². The van der Waals surface area contributed by atoms with Gasteiger partial charge in [-0.15, -0.1) is 11.8 Å². The maximum absolute atomic E-state index is 14.4. The highest BCUT2D eigenvalue weighted by Gasteiger charge is 2.26. The third-order valence-electron chi connectivity index (χ3n) is 5.70. The minimum atomic E-state index is -0.377. The van der Waals surface area contributed by atoms with Crippen LogP contribution < -0.4 is 4.90 Å². The Labute approximate surface area is 190 Å². The number of hydrogen-bond donors (Lipinski definition) is 1. The third-order valence-corrected chi connectivity index (χ3v) is 6.42. The van der Waals surface area contributed by atoms with Crippen LogP contribution in [0.15, 0.2) is 65.6 Å². The highest BCUT2D eigenvalue weighted by molar-refractivity contribution is 7.98. The molecule has 4 rings (SSSR count). The average molecular weight is 455 g/mol. The Morgan fingerprint density at radius 1 is 1.00 bits per heavy atom. The molecule has 7 heteroatoms. The maximum atomic E-state index is 14.4. The van der Waals surface area contributed by atoms with Crippen LogP contribution in [-0.2, 0) is 6.61 Å². The predicted octanol–water partition coefficient (Wildman–Crippen LogP) is 4.81. The molecule has 1 saturated heterocycles. The SMILES string of the molecule is CSc1ccc(-c2cccc(F)c2)c(C(=O)N2CCN(c3ccc(CO)cc3F)CC2)c1. The van der Waals surface area contributed by atoms with Crippen LogP contribution >= 0.6 is 11.8 Å².